The van der Waals surface area contributed by atoms with E-state index in [1.807, 2.05) is 12.1 Å². The summed E-state index contributed by atoms with van der Waals surface area (Å²) >= 11 is 0. The summed E-state index contributed by atoms with van der Waals surface area (Å²) in [4.78, 5) is 18.7. The number of rotatable bonds is 6. The maximum Gasteiger partial charge on any atom is 0.232 e. The first-order valence-corrected chi connectivity index (χ1v) is 8.36. The van der Waals surface area contributed by atoms with E-state index in [1.165, 1.54) is 0 Å². The van der Waals surface area contributed by atoms with Crippen LogP contribution in [0.25, 0.3) is 0 Å². The number of anilines is 1. The standard InChI is InChI=1S/C18H23N3O4/c1-11(2)5-16-19-18(25-20-16)12-6-17(22)21(10-12)13-7-14(23-3)9-15(8-13)24-4/h7-9,11-12H,5-6,10H2,1-4H3. The third-order valence-electron chi connectivity index (χ3n) is 4.20. The van der Waals surface area contributed by atoms with Crippen molar-refractivity contribution in [2.45, 2.75) is 32.6 Å². The van der Waals surface area contributed by atoms with Gasteiger partial charge in [0.15, 0.2) is 5.82 Å². The predicted molar refractivity (Wildman–Crippen MR) is 92.1 cm³/mol. The molecule has 1 aromatic carbocycles. The van der Waals surface area contributed by atoms with Gasteiger partial charge in [-0.3, -0.25) is 4.79 Å². The van der Waals surface area contributed by atoms with Gasteiger partial charge in [0.25, 0.3) is 0 Å². The van der Waals surface area contributed by atoms with Gasteiger partial charge in [0, 0.05) is 37.6 Å². The van der Waals surface area contributed by atoms with Gasteiger partial charge >= 0.3 is 0 Å². The third-order valence-corrected chi connectivity index (χ3v) is 4.20. The second-order valence-electron chi connectivity index (χ2n) is 6.62. The number of hydrogen-bond acceptors (Lipinski definition) is 6. The van der Waals surface area contributed by atoms with E-state index in [9.17, 15) is 4.79 Å². The Morgan fingerprint density at radius 2 is 1.92 bits per heavy atom. The van der Waals surface area contributed by atoms with Crippen LogP contribution >= 0.6 is 0 Å². The molecule has 7 nitrogen and oxygen atoms in total. The molecule has 3 rings (SSSR count). The van der Waals surface area contributed by atoms with Crippen molar-refractivity contribution in [1.29, 1.82) is 0 Å². The Labute approximate surface area is 146 Å². The Kier molecular flexibility index (Phi) is 4.92. The molecule has 1 unspecified atom stereocenters. The highest BCUT2D eigenvalue weighted by molar-refractivity contribution is 5.96. The molecule has 1 aliphatic heterocycles. The first-order chi connectivity index (χ1) is 12.0. The third kappa shape index (κ3) is 3.75. The van der Waals surface area contributed by atoms with E-state index in [4.69, 9.17) is 14.0 Å². The van der Waals surface area contributed by atoms with Crippen LogP contribution in [0.15, 0.2) is 22.7 Å². The summed E-state index contributed by atoms with van der Waals surface area (Å²) in [5, 5.41) is 4.02. The lowest BCUT2D eigenvalue weighted by Crippen LogP contribution is -2.24. The van der Waals surface area contributed by atoms with E-state index >= 15 is 0 Å². The van der Waals surface area contributed by atoms with E-state index < -0.39 is 0 Å². The minimum Gasteiger partial charge on any atom is -0.497 e. The van der Waals surface area contributed by atoms with Crippen molar-refractivity contribution in [3.05, 3.63) is 29.9 Å². The Morgan fingerprint density at radius 1 is 1.24 bits per heavy atom. The molecule has 25 heavy (non-hydrogen) atoms. The summed E-state index contributed by atoms with van der Waals surface area (Å²) in [5.41, 5.74) is 0.741. The second-order valence-corrected chi connectivity index (χ2v) is 6.62. The lowest BCUT2D eigenvalue weighted by atomic mass is 10.1. The van der Waals surface area contributed by atoms with Crippen molar-refractivity contribution in [2.24, 2.45) is 5.92 Å². The fraction of sp³-hybridized carbons (Fsp3) is 0.500. The lowest BCUT2D eigenvalue weighted by Gasteiger charge is -2.18. The van der Waals surface area contributed by atoms with Crippen LogP contribution in [-0.4, -0.2) is 36.8 Å². The van der Waals surface area contributed by atoms with Gasteiger partial charge in [-0.25, -0.2) is 0 Å². The SMILES string of the molecule is COc1cc(OC)cc(N2CC(c3nc(CC(C)C)no3)CC2=O)c1. The number of carbonyl (C=O) groups is 1. The average Bonchev–Trinajstić information content (AvgIpc) is 3.20. The van der Waals surface area contributed by atoms with Crippen LogP contribution in [0.5, 0.6) is 11.5 Å². The Balaban J connectivity index is 1.79. The van der Waals surface area contributed by atoms with Crippen molar-refractivity contribution in [1.82, 2.24) is 10.1 Å². The molecule has 1 aromatic heterocycles. The van der Waals surface area contributed by atoms with Gasteiger partial charge in [-0.2, -0.15) is 4.98 Å². The lowest BCUT2D eigenvalue weighted by molar-refractivity contribution is -0.117. The highest BCUT2D eigenvalue weighted by atomic mass is 16.5. The zero-order valence-electron chi connectivity index (χ0n) is 15.0. The quantitative estimate of drug-likeness (QED) is 0.801. The van der Waals surface area contributed by atoms with Gasteiger partial charge in [0.1, 0.15) is 11.5 Å². The van der Waals surface area contributed by atoms with E-state index in [0.29, 0.717) is 42.1 Å². The van der Waals surface area contributed by atoms with Crippen molar-refractivity contribution < 1.29 is 18.8 Å². The smallest absolute Gasteiger partial charge is 0.232 e. The normalized spacial score (nSPS) is 17.4. The summed E-state index contributed by atoms with van der Waals surface area (Å²) in [5.74, 6) is 2.88. The molecule has 1 aliphatic rings. The van der Waals surface area contributed by atoms with Crippen molar-refractivity contribution in [3.8, 4) is 11.5 Å². The predicted octanol–water partition coefficient (Wildman–Crippen LogP) is 2.81. The number of hydrogen-bond donors (Lipinski definition) is 0. The molecule has 1 atom stereocenters. The molecule has 1 amide bonds. The molecule has 1 saturated heterocycles. The molecule has 2 heterocycles. The van der Waals surface area contributed by atoms with Crippen LogP contribution in [-0.2, 0) is 11.2 Å². The Morgan fingerprint density at radius 3 is 2.52 bits per heavy atom. The molecule has 0 radical (unpaired) electrons. The van der Waals surface area contributed by atoms with Crippen LogP contribution in [0.3, 0.4) is 0 Å². The molecule has 0 aliphatic carbocycles. The number of ether oxygens (including phenoxy) is 2. The van der Waals surface area contributed by atoms with Gasteiger partial charge in [-0.15, -0.1) is 0 Å². The van der Waals surface area contributed by atoms with E-state index in [0.717, 1.165) is 12.1 Å². The van der Waals surface area contributed by atoms with Gasteiger partial charge < -0.3 is 18.9 Å². The topological polar surface area (TPSA) is 77.7 Å². The van der Waals surface area contributed by atoms with E-state index in [1.54, 1.807) is 25.2 Å². The molecular formula is C18H23N3O4. The molecule has 0 N–H and O–H groups in total. The fourth-order valence-corrected chi connectivity index (χ4v) is 2.95. The average molecular weight is 345 g/mol. The Bertz CT molecular complexity index is 734. The molecule has 0 bridgehead atoms. The summed E-state index contributed by atoms with van der Waals surface area (Å²) in [6.45, 7) is 4.71. The fourth-order valence-electron chi connectivity index (χ4n) is 2.95. The molecule has 134 valence electrons. The van der Waals surface area contributed by atoms with Crippen LogP contribution in [0.1, 0.15) is 37.9 Å². The molecular weight excluding hydrogens is 322 g/mol. The zero-order valence-corrected chi connectivity index (χ0v) is 15.0. The van der Waals surface area contributed by atoms with Crippen LogP contribution in [0, 0.1) is 5.92 Å². The first-order valence-electron chi connectivity index (χ1n) is 8.36. The molecule has 2 aromatic rings. The van der Waals surface area contributed by atoms with E-state index in [-0.39, 0.29) is 11.8 Å². The monoisotopic (exact) mass is 345 g/mol. The van der Waals surface area contributed by atoms with Crippen molar-refractivity contribution >= 4 is 11.6 Å². The van der Waals surface area contributed by atoms with Crippen LogP contribution < -0.4 is 14.4 Å². The van der Waals surface area contributed by atoms with Gasteiger partial charge in [-0.05, 0) is 5.92 Å². The zero-order chi connectivity index (χ0) is 18.0. The number of methoxy groups -OCH3 is 2. The summed E-state index contributed by atoms with van der Waals surface area (Å²) in [7, 11) is 3.17. The minimum absolute atomic E-state index is 0.0175. The number of amides is 1. The van der Waals surface area contributed by atoms with Crippen LogP contribution in [0.4, 0.5) is 5.69 Å². The van der Waals surface area contributed by atoms with E-state index in [2.05, 4.69) is 24.0 Å². The number of nitrogens with zero attached hydrogens (tertiary/aromatic N) is 3. The first kappa shape index (κ1) is 17.3. The second kappa shape index (κ2) is 7.13. The van der Waals surface area contributed by atoms with Gasteiger partial charge in [0.2, 0.25) is 11.8 Å². The number of benzene rings is 1. The molecule has 7 heteroatoms. The van der Waals surface area contributed by atoms with Gasteiger partial charge in [-0.1, -0.05) is 19.0 Å². The molecule has 1 fully saturated rings. The minimum atomic E-state index is -0.0990. The highest BCUT2D eigenvalue weighted by Crippen LogP contribution is 2.35. The summed E-state index contributed by atoms with van der Waals surface area (Å²) in [6, 6.07) is 5.42. The van der Waals surface area contributed by atoms with Crippen LogP contribution in [0.2, 0.25) is 0 Å². The Hall–Kier alpha value is -2.57. The van der Waals surface area contributed by atoms with Crippen molar-refractivity contribution in [2.75, 3.05) is 25.7 Å². The van der Waals surface area contributed by atoms with Crippen molar-refractivity contribution in [3.63, 3.8) is 0 Å². The number of aromatic nitrogens is 2. The largest absolute Gasteiger partial charge is 0.497 e. The summed E-state index contributed by atoms with van der Waals surface area (Å²) in [6.07, 6.45) is 1.11. The molecule has 0 saturated carbocycles. The maximum atomic E-state index is 12.5. The maximum absolute atomic E-state index is 12.5. The number of carbonyl (C=O) groups excluding carboxylic acids is 1. The van der Waals surface area contributed by atoms with Gasteiger partial charge in [0.05, 0.1) is 25.8 Å². The highest BCUT2D eigenvalue weighted by Gasteiger charge is 2.35. The molecule has 0 spiro atoms. The summed E-state index contributed by atoms with van der Waals surface area (Å²) < 4.78 is 16.0.